The minimum Gasteiger partial charge on any atom is -0.508 e. The van der Waals surface area contributed by atoms with Crippen molar-refractivity contribution in [3.63, 3.8) is 0 Å². The van der Waals surface area contributed by atoms with Gasteiger partial charge in [0.05, 0.1) is 10.2 Å². The molecule has 1 saturated heterocycles. The van der Waals surface area contributed by atoms with Crippen LogP contribution in [0, 0.1) is 6.92 Å². The van der Waals surface area contributed by atoms with Crippen molar-refractivity contribution >= 4 is 73.1 Å². The first-order valence-corrected chi connectivity index (χ1v) is 12.4. The van der Waals surface area contributed by atoms with E-state index in [4.69, 9.17) is 4.74 Å². The monoisotopic (exact) mass is 627 g/mol. The van der Waals surface area contributed by atoms with Gasteiger partial charge < -0.3 is 15.2 Å². The molecule has 5 amide bonds. The van der Waals surface area contributed by atoms with Crippen LogP contribution in [-0.4, -0.2) is 35.5 Å². The number of carbonyl (C=O) groups excluding carboxylic acids is 4. The second-order valence-electron chi connectivity index (χ2n) is 7.93. The molecule has 0 spiro atoms. The second-order valence-corrected chi connectivity index (χ2v) is 9.70. The molecule has 4 rings (SSSR count). The number of amides is 5. The number of aromatic hydroxyl groups is 1. The van der Waals surface area contributed by atoms with E-state index in [9.17, 15) is 24.3 Å². The summed E-state index contributed by atoms with van der Waals surface area (Å²) in [6, 6.07) is 15.0. The number of urea groups is 1. The molecule has 0 aromatic heterocycles. The lowest BCUT2D eigenvalue weighted by atomic mass is 10.1. The van der Waals surface area contributed by atoms with Gasteiger partial charge in [0.2, 0.25) is 0 Å². The summed E-state index contributed by atoms with van der Waals surface area (Å²) in [5.41, 5.74) is 1.69. The zero-order valence-corrected chi connectivity index (χ0v) is 22.4. The molecule has 1 heterocycles. The number of nitrogens with one attached hydrogen (secondary N) is 2. The number of phenols is 1. The summed E-state index contributed by atoms with van der Waals surface area (Å²) < 4.78 is 6.85. The van der Waals surface area contributed by atoms with Gasteiger partial charge in [-0.3, -0.25) is 19.7 Å². The molecule has 0 bridgehead atoms. The molecule has 11 heteroatoms. The van der Waals surface area contributed by atoms with Crippen molar-refractivity contribution in [3.05, 3.63) is 86.3 Å². The first-order valence-electron chi connectivity index (χ1n) is 10.8. The highest BCUT2D eigenvalue weighted by Gasteiger charge is 2.37. The van der Waals surface area contributed by atoms with Crippen molar-refractivity contribution in [2.75, 3.05) is 16.8 Å². The van der Waals surface area contributed by atoms with Gasteiger partial charge in [0.25, 0.3) is 17.7 Å². The number of carbonyl (C=O) groups is 4. The zero-order valence-electron chi connectivity index (χ0n) is 19.2. The number of ether oxygens (including phenoxy) is 1. The Morgan fingerprint density at radius 1 is 1.08 bits per heavy atom. The molecule has 0 saturated carbocycles. The second kappa shape index (κ2) is 11.0. The summed E-state index contributed by atoms with van der Waals surface area (Å²) in [7, 11) is 0. The molecule has 188 valence electrons. The minimum absolute atomic E-state index is 0.0484. The first-order chi connectivity index (χ1) is 17.6. The molecule has 0 radical (unpaired) electrons. The molecular weight excluding hydrogens is 610 g/mol. The molecular formula is C26H19Br2N3O6. The standard InChI is InChI=1S/C26H19Br2N3O6/c1-14-4-2-3-5-21(14)29-22(33)13-37-23-15(10-16(27)12-20(23)28)11-19-24(34)30-26(36)31(25(19)35)17-6-8-18(32)9-7-17/h2-12,32H,13H2,1H3,(H,29,33)(H,30,34,36)/b19-11-. The number of benzene rings is 3. The van der Waals surface area contributed by atoms with Crippen molar-refractivity contribution in [1.82, 2.24) is 5.32 Å². The lowest BCUT2D eigenvalue weighted by molar-refractivity contribution is -0.122. The Kier molecular flexibility index (Phi) is 7.74. The number of halogens is 2. The number of anilines is 2. The van der Waals surface area contributed by atoms with Crippen LogP contribution in [0.3, 0.4) is 0 Å². The highest BCUT2D eigenvalue weighted by molar-refractivity contribution is 9.11. The number of rotatable bonds is 6. The van der Waals surface area contributed by atoms with Crippen LogP contribution < -0.4 is 20.3 Å². The third-order valence-corrected chi connectivity index (χ3v) is 6.36. The maximum atomic E-state index is 13.2. The van der Waals surface area contributed by atoms with Crippen LogP contribution in [0.25, 0.3) is 6.08 Å². The highest BCUT2D eigenvalue weighted by atomic mass is 79.9. The van der Waals surface area contributed by atoms with Crippen molar-refractivity contribution in [2.24, 2.45) is 0 Å². The number of barbiturate groups is 1. The van der Waals surface area contributed by atoms with Gasteiger partial charge in [-0.2, -0.15) is 0 Å². The lowest BCUT2D eigenvalue weighted by Gasteiger charge is -2.26. The van der Waals surface area contributed by atoms with E-state index in [2.05, 4.69) is 42.5 Å². The van der Waals surface area contributed by atoms with E-state index in [1.54, 1.807) is 24.3 Å². The fraction of sp³-hybridized carbons (Fsp3) is 0.0769. The number of hydrogen-bond donors (Lipinski definition) is 3. The molecule has 37 heavy (non-hydrogen) atoms. The van der Waals surface area contributed by atoms with Gasteiger partial charge in [-0.05, 0) is 77.0 Å². The quantitative estimate of drug-likeness (QED) is 0.263. The van der Waals surface area contributed by atoms with Crippen LogP contribution in [0.2, 0.25) is 0 Å². The van der Waals surface area contributed by atoms with E-state index in [1.165, 1.54) is 30.3 Å². The molecule has 0 unspecified atom stereocenters. The van der Waals surface area contributed by atoms with Crippen LogP contribution in [-0.2, 0) is 14.4 Å². The summed E-state index contributed by atoms with van der Waals surface area (Å²) in [4.78, 5) is 51.6. The Balaban J connectivity index is 1.63. The summed E-state index contributed by atoms with van der Waals surface area (Å²) in [6.07, 6.45) is 1.28. The Labute approximate surface area is 228 Å². The van der Waals surface area contributed by atoms with Crippen molar-refractivity contribution in [2.45, 2.75) is 6.92 Å². The third-order valence-electron chi connectivity index (χ3n) is 5.31. The maximum absolute atomic E-state index is 13.2. The van der Waals surface area contributed by atoms with Crippen LogP contribution in [0.15, 0.2) is 75.2 Å². The fourth-order valence-electron chi connectivity index (χ4n) is 3.53. The topological polar surface area (TPSA) is 125 Å². The predicted molar refractivity (Wildman–Crippen MR) is 144 cm³/mol. The fourth-order valence-corrected chi connectivity index (χ4v) is 4.90. The SMILES string of the molecule is Cc1ccccc1NC(=O)COc1c(Br)cc(Br)cc1/C=C1/C(=O)NC(=O)N(c2ccc(O)cc2)C1=O. The van der Waals surface area contributed by atoms with Gasteiger partial charge >= 0.3 is 6.03 Å². The zero-order chi connectivity index (χ0) is 26.7. The van der Waals surface area contributed by atoms with Gasteiger partial charge in [-0.25, -0.2) is 9.69 Å². The van der Waals surface area contributed by atoms with E-state index in [1.807, 2.05) is 19.1 Å². The predicted octanol–water partition coefficient (Wildman–Crippen LogP) is 4.91. The average molecular weight is 629 g/mol. The third kappa shape index (κ3) is 5.89. The molecule has 3 aromatic rings. The number of imide groups is 2. The smallest absolute Gasteiger partial charge is 0.335 e. The van der Waals surface area contributed by atoms with Crippen LogP contribution in [0.1, 0.15) is 11.1 Å². The number of phenolic OH excluding ortho intramolecular Hbond substituents is 1. The van der Waals surface area contributed by atoms with Crippen LogP contribution >= 0.6 is 31.9 Å². The number of nitrogens with zero attached hydrogens (tertiary/aromatic N) is 1. The average Bonchev–Trinajstić information content (AvgIpc) is 2.83. The van der Waals surface area contributed by atoms with Gasteiger partial charge in [0.1, 0.15) is 17.1 Å². The molecule has 0 aliphatic carbocycles. The summed E-state index contributed by atoms with van der Waals surface area (Å²) in [5.74, 6) is -1.99. The van der Waals surface area contributed by atoms with E-state index in [-0.39, 0.29) is 29.4 Å². The van der Waals surface area contributed by atoms with Gasteiger partial charge in [-0.15, -0.1) is 0 Å². The van der Waals surface area contributed by atoms with E-state index >= 15 is 0 Å². The number of aryl methyl sites for hydroxylation is 1. The Morgan fingerprint density at radius 3 is 2.49 bits per heavy atom. The normalized spacial score (nSPS) is 14.5. The van der Waals surface area contributed by atoms with Gasteiger partial charge in [0.15, 0.2) is 6.61 Å². The van der Waals surface area contributed by atoms with Gasteiger partial charge in [0, 0.05) is 15.7 Å². The minimum atomic E-state index is -0.919. The summed E-state index contributed by atoms with van der Waals surface area (Å²) in [5, 5.41) is 14.4. The van der Waals surface area contributed by atoms with E-state index in [0.29, 0.717) is 20.2 Å². The summed E-state index contributed by atoms with van der Waals surface area (Å²) in [6.45, 7) is 1.52. The molecule has 0 atom stereocenters. The molecule has 9 nitrogen and oxygen atoms in total. The molecule has 1 aliphatic rings. The molecule has 1 fully saturated rings. The Hall–Kier alpha value is -3.96. The number of para-hydroxylation sites is 1. The van der Waals surface area contributed by atoms with Gasteiger partial charge in [-0.1, -0.05) is 34.1 Å². The van der Waals surface area contributed by atoms with Crippen molar-refractivity contribution in [3.8, 4) is 11.5 Å². The lowest BCUT2D eigenvalue weighted by Crippen LogP contribution is -2.54. The van der Waals surface area contributed by atoms with E-state index < -0.39 is 23.8 Å². The summed E-state index contributed by atoms with van der Waals surface area (Å²) >= 11 is 6.77. The van der Waals surface area contributed by atoms with Crippen molar-refractivity contribution in [1.29, 1.82) is 0 Å². The first kappa shape index (κ1) is 26.1. The molecule has 3 aromatic carbocycles. The highest BCUT2D eigenvalue weighted by Crippen LogP contribution is 2.35. The van der Waals surface area contributed by atoms with Crippen LogP contribution in [0.4, 0.5) is 16.2 Å². The Morgan fingerprint density at radius 2 is 1.78 bits per heavy atom. The Bertz CT molecular complexity index is 1450. The largest absolute Gasteiger partial charge is 0.508 e. The molecule has 3 N–H and O–H groups in total. The van der Waals surface area contributed by atoms with Crippen LogP contribution in [0.5, 0.6) is 11.5 Å². The van der Waals surface area contributed by atoms with Crippen molar-refractivity contribution < 1.29 is 29.0 Å². The number of hydrogen-bond acceptors (Lipinski definition) is 6. The molecule has 1 aliphatic heterocycles. The maximum Gasteiger partial charge on any atom is 0.335 e. The van der Waals surface area contributed by atoms with E-state index in [0.717, 1.165) is 10.5 Å².